The normalized spacial score (nSPS) is 17.3. The maximum absolute atomic E-state index is 14.8. The summed E-state index contributed by atoms with van der Waals surface area (Å²) in [6.45, 7) is 11.9. The number of rotatable bonds is 26. The molecule has 22 nitrogen and oxygen atoms in total. The maximum Gasteiger partial charge on any atom is 0.246 e. The molecule has 0 unspecified atom stereocenters. The largest absolute Gasteiger partial charge is 0.508 e. The quantitative estimate of drug-likeness (QED) is 0.0479. The number of likely N-dealkylation sites (tertiary alicyclic amines) is 1. The lowest BCUT2D eigenvalue weighted by molar-refractivity contribution is -0.143. The Labute approximate surface area is 419 Å². The van der Waals surface area contributed by atoms with Crippen LogP contribution in [-0.4, -0.2) is 134 Å². The van der Waals surface area contributed by atoms with Gasteiger partial charge in [0.05, 0.1) is 12.1 Å². The zero-order valence-corrected chi connectivity index (χ0v) is 42.0. The molecule has 0 aliphatic carbocycles. The summed E-state index contributed by atoms with van der Waals surface area (Å²) in [5.74, 6) is -8.03. The van der Waals surface area contributed by atoms with E-state index in [1.54, 1.807) is 64.2 Å². The van der Waals surface area contributed by atoms with Crippen molar-refractivity contribution in [3.8, 4) is 5.75 Å². The van der Waals surface area contributed by atoms with Gasteiger partial charge in [0, 0.05) is 42.9 Å². The fourth-order valence-corrected chi connectivity index (χ4v) is 8.40. The van der Waals surface area contributed by atoms with Gasteiger partial charge >= 0.3 is 0 Å². The molecule has 2 aromatic carbocycles. The van der Waals surface area contributed by atoms with Crippen LogP contribution in [0, 0.1) is 17.8 Å². The molecule has 9 amide bonds. The van der Waals surface area contributed by atoms with E-state index < -0.39 is 119 Å². The van der Waals surface area contributed by atoms with Crippen LogP contribution in [0.2, 0.25) is 0 Å². The first-order valence-corrected chi connectivity index (χ1v) is 24.4. The molecule has 72 heavy (non-hydrogen) atoms. The van der Waals surface area contributed by atoms with E-state index in [0.717, 1.165) is 10.9 Å². The number of aromatic amines is 1. The van der Waals surface area contributed by atoms with Crippen LogP contribution in [0.3, 0.4) is 0 Å². The van der Waals surface area contributed by atoms with E-state index in [0.29, 0.717) is 24.0 Å². The number of fused-ring (bicyclic) bond motifs is 1. The number of aliphatic hydroxyl groups excluding tert-OH is 1. The third kappa shape index (κ3) is 15.7. The lowest BCUT2D eigenvalue weighted by atomic mass is 9.96. The van der Waals surface area contributed by atoms with Gasteiger partial charge in [-0.2, -0.15) is 0 Å². The zero-order chi connectivity index (χ0) is 53.6. The number of aliphatic hydroxyl groups is 1. The van der Waals surface area contributed by atoms with Crippen molar-refractivity contribution in [2.45, 2.75) is 148 Å². The third-order valence-corrected chi connectivity index (χ3v) is 13.0. The molecule has 0 spiro atoms. The average molecular weight is 1000 g/mol. The van der Waals surface area contributed by atoms with Crippen LogP contribution >= 0.6 is 0 Å². The fraction of sp³-hybridized carbons (Fsp3) is 0.540. The summed E-state index contributed by atoms with van der Waals surface area (Å²) in [5.41, 5.74) is 18.7. The summed E-state index contributed by atoms with van der Waals surface area (Å²) in [5, 5.41) is 37.3. The molecule has 1 aliphatic rings. The maximum atomic E-state index is 14.8. The predicted molar refractivity (Wildman–Crippen MR) is 267 cm³/mol. The van der Waals surface area contributed by atoms with Gasteiger partial charge in [-0.05, 0) is 73.3 Å². The molecule has 2 heterocycles. The van der Waals surface area contributed by atoms with Crippen molar-refractivity contribution >= 4 is 64.1 Å². The van der Waals surface area contributed by atoms with Gasteiger partial charge in [-0.3, -0.25) is 43.2 Å². The first-order valence-electron chi connectivity index (χ1n) is 24.4. The highest BCUT2D eigenvalue weighted by molar-refractivity contribution is 5.99. The monoisotopic (exact) mass is 1000 g/mol. The number of carbonyl (C=O) groups is 9. The molecule has 15 N–H and O–H groups in total. The molecule has 22 heteroatoms. The molecule has 0 radical (unpaired) electrons. The number of primary amides is 2. The Bertz CT molecular complexity index is 2410. The summed E-state index contributed by atoms with van der Waals surface area (Å²) in [6.07, 6.45) is 0.507. The average Bonchev–Trinajstić information content (AvgIpc) is 3.99. The number of phenolic OH excluding ortho intramolecular Hbond substituents is 1. The van der Waals surface area contributed by atoms with Crippen molar-refractivity contribution in [1.29, 1.82) is 0 Å². The zero-order valence-electron chi connectivity index (χ0n) is 42.0. The van der Waals surface area contributed by atoms with Crippen molar-refractivity contribution in [1.82, 2.24) is 41.8 Å². The van der Waals surface area contributed by atoms with E-state index in [1.807, 2.05) is 19.9 Å². The van der Waals surface area contributed by atoms with Crippen molar-refractivity contribution in [3.05, 3.63) is 65.9 Å². The number of H-pyrrole nitrogens is 1. The van der Waals surface area contributed by atoms with Gasteiger partial charge in [-0.15, -0.1) is 0 Å². The number of nitrogens with one attached hydrogen (secondary N) is 7. The number of para-hydroxylation sites is 1. The summed E-state index contributed by atoms with van der Waals surface area (Å²) in [6, 6.07) is 3.13. The van der Waals surface area contributed by atoms with Gasteiger partial charge in [-0.25, -0.2) is 0 Å². The molecule has 1 aliphatic heterocycles. The number of hydrogen-bond donors (Lipinski definition) is 12. The minimum atomic E-state index is -1.67. The summed E-state index contributed by atoms with van der Waals surface area (Å²) in [7, 11) is 0. The van der Waals surface area contributed by atoms with Crippen LogP contribution in [0.25, 0.3) is 10.9 Å². The number of aromatic nitrogens is 1. The molecule has 10 atom stereocenters. The van der Waals surface area contributed by atoms with Crippen molar-refractivity contribution in [3.63, 3.8) is 0 Å². The number of nitrogens with zero attached hydrogens (tertiary/aromatic N) is 1. The molecule has 3 aromatic rings. The molecule has 1 fully saturated rings. The summed E-state index contributed by atoms with van der Waals surface area (Å²) < 4.78 is 0. The lowest BCUT2D eigenvalue weighted by Gasteiger charge is -2.32. The van der Waals surface area contributed by atoms with Gasteiger partial charge in [0.1, 0.15) is 48.0 Å². The number of benzene rings is 2. The van der Waals surface area contributed by atoms with E-state index in [4.69, 9.17) is 17.2 Å². The van der Waals surface area contributed by atoms with Gasteiger partial charge in [-0.1, -0.05) is 78.3 Å². The Hall–Kier alpha value is -7.07. The second-order valence-electron chi connectivity index (χ2n) is 19.3. The van der Waals surface area contributed by atoms with Crippen LogP contribution in [0.15, 0.2) is 54.7 Å². The Morgan fingerprint density at radius 2 is 1.28 bits per heavy atom. The number of aromatic hydroxyl groups is 1. The second-order valence-corrected chi connectivity index (χ2v) is 19.3. The molecular weight excluding hydrogens is 931 g/mol. The molecule has 1 aromatic heterocycles. The highest BCUT2D eigenvalue weighted by Gasteiger charge is 2.41. The first kappa shape index (κ1) is 57.5. The number of hydrogen-bond acceptors (Lipinski definition) is 12. The van der Waals surface area contributed by atoms with E-state index in [-0.39, 0.29) is 50.3 Å². The first-order chi connectivity index (χ1) is 33.9. The molecule has 0 saturated carbocycles. The summed E-state index contributed by atoms with van der Waals surface area (Å²) in [4.78, 5) is 126. The van der Waals surface area contributed by atoms with E-state index in [9.17, 15) is 53.4 Å². The Morgan fingerprint density at radius 3 is 1.86 bits per heavy atom. The van der Waals surface area contributed by atoms with Gasteiger partial charge in [0.2, 0.25) is 53.2 Å². The minimum Gasteiger partial charge on any atom is -0.508 e. The van der Waals surface area contributed by atoms with Crippen LogP contribution in [-0.2, 0) is 56.0 Å². The Morgan fingerprint density at radius 1 is 0.708 bits per heavy atom. The minimum absolute atomic E-state index is 0.0388. The molecule has 0 bridgehead atoms. The van der Waals surface area contributed by atoms with Crippen LogP contribution in [0.4, 0.5) is 0 Å². The van der Waals surface area contributed by atoms with Gasteiger partial charge in [0.25, 0.3) is 0 Å². The summed E-state index contributed by atoms with van der Waals surface area (Å²) >= 11 is 0. The van der Waals surface area contributed by atoms with E-state index in [1.165, 1.54) is 24.0 Å². The van der Waals surface area contributed by atoms with Crippen molar-refractivity contribution in [2.24, 2.45) is 35.0 Å². The second kappa shape index (κ2) is 26.4. The van der Waals surface area contributed by atoms with Crippen LogP contribution < -0.4 is 49.1 Å². The highest BCUT2D eigenvalue weighted by Crippen LogP contribution is 2.23. The van der Waals surface area contributed by atoms with E-state index in [2.05, 4.69) is 36.9 Å². The molecular formula is C50H73N11O11. The van der Waals surface area contributed by atoms with Crippen LogP contribution in [0.1, 0.15) is 91.7 Å². The van der Waals surface area contributed by atoms with Gasteiger partial charge < -0.3 is 69.2 Å². The Kier molecular flexibility index (Phi) is 21.1. The fourth-order valence-electron chi connectivity index (χ4n) is 8.40. The van der Waals surface area contributed by atoms with Crippen LogP contribution in [0.5, 0.6) is 5.75 Å². The lowest BCUT2D eigenvalue weighted by Crippen LogP contribution is -2.62. The predicted octanol–water partition coefficient (Wildman–Crippen LogP) is -0.624. The standard InChI is InChI=1S/C50H73N11O11/c1-8-27(6)39(52)46(68)58-41(26(4)5)48(70)59-40(25(2)3)47(69)57-36(22-29-15-17-31(63)18-16-29)50(72)61-21-11-14-37(61)45(67)56-35(23-30-24-54-33-13-10-9-12-32(30)33)44(66)60-42(28(7)62)49(71)55-34(43(53)65)19-20-38(51)64/h9-10,12-13,15-18,24-28,34-37,39-42,54,62-63H,8,11,14,19-23,52H2,1-7H3,(H2,51,64)(H2,53,65)(H,55,71)(H,56,67)(H,57,69)(H,58,68)(H,59,70)(H,60,66)/t27-,28+,34-,35-,36-,37-,39+,40-,41-,42-/m0/s1. The number of phenols is 1. The Balaban J connectivity index is 1.62. The number of amides is 9. The third-order valence-electron chi connectivity index (χ3n) is 13.0. The van der Waals surface area contributed by atoms with Gasteiger partial charge in [0.15, 0.2) is 0 Å². The topological polar surface area (TPSA) is 363 Å². The smallest absolute Gasteiger partial charge is 0.246 e. The highest BCUT2D eigenvalue weighted by atomic mass is 16.3. The number of nitrogens with two attached hydrogens (primary N) is 3. The molecule has 1 saturated heterocycles. The van der Waals surface area contributed by atoms with E-state index >= 15 is 0 Å². The number of carbonyl (C=O) groups excluding carboxylic acids is 9. The molecule has 4 rings (SSSR count). The van der Waals surface area contributed by atoms with Crippen molar-refractivity contribution in [2.75, 3.05) is 6.54 Å². The molecule has 394 valence electrons. The van der Waals surface area contributed by atoms with Crippen molar-refractivity contribution < 1.29 is 53.4 Å². The SMILES string of the molecule is CC[C@H](C)[C@@H](N)C(=O)N[C@H](C(=O)N[C@H](C(=O)N[C@@H](Cc1ccc(O)cc1)C(=O)N1CCC[C@H]1C(=O)N[C@@H](Cc1c[nH]c2ccccc12)C(=O)N[C@H](C(=O)N[C@@H](CCC(N)=O)C(N)=O)[C@@H](C)O)C(C)C)C(C)C.